The second-order valence-electron chi connectivity index (χ2n) is 8.01. The minimum Gasteiger partial charge on any atom is -0.0914 e. The van der Waals surface area contributed by atoms with Crippen molar-refractivity contribution in [2.24, 2.45) is 16.7 Å². The molecule has 2 rings (SSSR count). The normalized spacial score (nSPS) is 25.6. The quantitative estimate of drug-likeness (QED) is 0.622. The Bertz CT molecular complexity index is 290. The molecule has 0 unspecified atom stereocenters. The van der Waals surface area contributed by atoms with Gasteiger partial charge in [-0.2, -0.15) is 0 Å². The Hall–Kier alpha value is 0.130. The van der Waals surface area contributed by atoms with E-state index in [4.69, 9.17) is 15.7 Å². The molecule has 0 nitrogen and oxygen atoms in total. The molecule has 19 heavy (non-hydrogen) atoms. The molecule has 2 aliphatic rings. The molecular weight excluding hydrogens is 226 g/mol. The fourth-order valence-corrected chi connectivity index (χ4v) is 4.37. The van der Waals surface area contributed by atoms with E-state index in [9.17, 15) is 0 Å². The van der Waals surface area contributed by atoms with E-state index < -0.39 is 5.21 Å². The molecule has 0 heterocycles. The first-order valence-corrected chi connectivity index (χ1v) is 8.41. The molecule has 0 saturated heterocycles. The van der Waals surface area contributed by atoms with Crippen LogP contribution in [0.5, 0.6) is 0 Å². The molecule has 1 spiro atoms. The Morgan fingerprint density at radius 3 is 1.95 bits per heavy atom. The molecule has 0 bridgehead atoms. The first-order chi connectivity index (χ1) is 8.83. The van der Waals surface area contributed by atoms with Crippen LogP contribution in [0.15, 0.2) is 0 Å². The molecule has 0 N–H and O–H groups in total. The monoisotopic (exact) mass is 256 g/mol. The summed E-state index contributed by atoms with van der Waals surface area (Å²) in [6, 6.07) is 0. The molecule has 0 atom stereocenters. The molecule has 0 aliphatic heterocycles. The van der Waals surface area contributed by atoms with Crippen molar-refractivity contribution in [1.29, 1.82) is 0 Å². The van der Waals surface area contributed by atoms with Crippen LogP contribution >= 0.6 is 0 Å². The van der Waals surface area contributed by atoms with E-state index in [-0.39, 0.29) is 5.41 Å². The van der Waals surface area contributed by atoms with Crippen LogP contribution < -0.4 is 0 Å². The fraction of sp³-hybridized carbons (Fsp3) is 1.00. The van der Waals surface area contributed by atoms with Gasteiger partial charge < -0.3 is 0 Å². The van der Waals surface area contributed by atoms with Crippen molar-refractivity contribution in [3.05, 3.63) is 0 Å². The molecule has 2 fully saturated rings. The van der Waals surface area contributed by atoms with Crippen molar-refractivity contribution in [1.82, 2.24) is 0 Å². The maximum Gasteiger partial charge on any atom is 0.0631 e. The lowest BCUT2D eigenvalue weighted by molar-refractivity contribution is 0.0717. The van der Waals surface area contributed by atoms with Gasteiger partial charge in [-0.15, -0.1) is 0 Å². The highest BCUT2D eigenvalue weighted by Gasteiger charge is 2.45. The zero-order chi connectivity index (χ0) is 14.1. The summed E-state index contributed by atoms with van der Waals surface area (Å²) in [5, 5.41) is -0.502. The second-order valence-corrected chi connectivity index (χ2v) is 8.01. The lowest BCUT2D eigenvalue weighted by Gasteiger charge is -2.53. The maximum atomic E-state index is 6.58. The predicted molar refractivity (Wildman–Crippen MR) is 85.7 cm³/mol. The molecule has 0 aromatic heterocycles. The van der Waals surface area contributed by atoms with Gasteiger partial charge in [0.05, 0.1) is 15.7 Å². The summed E-state index contributed by atoms with van der Waals surface area (Å²) in [5.41, 5.74) is 0.704. The molecule has 4 radical (unpaired) electrons. The van der Waals surface area contributed by atoms with Gasteiger partial charge in [-0.3, -0.25) is 0 Å². The van der Waals surface area contributed by atoms with Crippen LogP contribution in [0, 0.1) is 16.7 Å². The summed E-state index contributed by atoms with van der Waals surface area (Å²) >= 11 is 0. The number of hydrogen-bond donors (Lipinski definition) is 0. The van der Waals surface area contributed by atoms with Crippen molar-refractivity contribution in [2.45, 2.75) is 90.2 Å². The highest BCUT2D eigenvalue weighted by molar-refractivity contribution is 6.40. The highest BCUT2D eigenvalue weighted by Crippen LogP contribution is 2.57. The van der Waals surface area contributed by atoms with Crippen LogP contribution in [0.25, 0.3) is 0 Å². The van der Waals surface area contributed by atoms with E-state index in [1.807, 2.05) is 0 Å². The van der Waals surface area contributed by atoms with E-state index >= 15 is 0 Å². The van der Waals surface area contributed by atoms with Gasteiger partial charge >= 0.3 is 0 Å². The first-order valence-electron chi connectivity index (χ1n) is 8.41. The molecular formula is C17H30B2. The highest BCUT2D eigenvalue weighted by atomic mass is 14.5. The van der Waals surface area contributed by atoms with Crippen molar-refractivity contribution in [3.63, 3.8) is 0 Å². The van der Waals surface area contributed by atoms with Crippen LogP contribution in [0.1, 0.15) is 85.0 Å². The van der Waals surface area contributed by atoms with Crippen molar-refractivity contribution < 1.29 is 0 Å². The Morgan fingerprint density at radius 1 is 0.947 bits per heavy atom. The topological polar surface area (TPSA) is 0 Å². The minimum atomic E-state index is -0.502. The van der Waals surface area contributed by atoms with Crippen molar-refractivity contribution in [2.75, 3.05) is 0 Å². The van der Waals surface area contributed by atoms with Gasteiger partial charge in [0.2, 0.25) is 0 Å². The SMILES string of the molecule is [B]C([B])(C1CCC2(CCCCC2)CC1)C(C)(C)CC. The smallest absolute Gasteiger partial charge is 0.0631 e. The van der Waals surface area contributed by atoms with E-state index in [0.717, 1.165) is 6.42 Å². The van der Waals surface area contributed by atoms with Gasteiger partial charge in [-0.25, -0.2) is 0 Å². The number of rotatable bonds is 3. The van der Waals surface area contributed by atoms with Crippen LogP contribution in [0.2, 0.25) is 5.21 Å². The third-order valence-electron chi connectivity index (χ3n) is 6.69. The van der Waals surface area contributed by atoms with Gasteiger partial charge in [0.15, 0.2) is 0 Å². The standard InChI is InChI=1S/C17H30B2/c1-4-15(2,3)17(18,19)14-8-12-16(13-9-14)10-6-5-7-11-16/h14H,4-13H2,1-3H3. The predicted octanol–water partition coefficient (Wildman–Crippen LogP) is 5.02. The third-order valence-corrected chi connectivity index (χ3v) is 6.69. The van der Waals surface area contributed by atoms with E-state index in [0.29, 0.717) is 11.3 Å². The van der Waals surface area contributed by atoms with E-state index in [1.54, 1.807) is 0 Å². The maximum absolute atomic E-state index is 6.58. The first kappa shape index (κ1) is 15.5. The Labute approximate surface area is 123 Å². The van der Waals surface area contributed by atoms with Crippen molar-refractivity contribution >= 4 is 15.7 Å². The Balaban J connectivity index is 1.99. The third kappa shape index (κ3) is 2.93. The zero-order valence-electron chi connectivity index (χ0n) is 13.3. The lowest BCUT2D eigenvalue weighted by Crippen LogP contribution is -2.42. The van der Waals surface area contributed by atoms with Crippen LogP contribution in [-0.4, -0.2) is 15.7 Å². The Kier molecular flexibility index (Phi) is 4.48. The summed E-state index contributed by atoms with van der Waals surface area (Å²) in [6.45, 7) is 6.68. The summed E-state index contributed by atoms with van der Waals surface area (Å²) in [6.07, 6.45) is 13.5. The summed E-state index contributed by atoms with van der Waals surface area (Å²) in [7, 11) is 13.2. The van der Waals surface area contributed by atoms with Crippen LogP contribution in [0.3, 0.4) is 0 Å². The largest absolute Gasteiger partial charge is 0.0914 e. The molecule has 0 aromatic carbocycles. The van der Waals surface area contributed by atoms with Crippen molar-refractivity contribution in [3.8, 4) is 0 Å². The molecule has 2 saturated carbocycles. The summed E-state index contributed by atoms with van der Waals surface area (Å²) in [5.74, 6) is 0.509. The molecule has 0 aromatic rings. The fourth-order valence-electron chi connectivity index (χ4n) is 4.37. The average molecular weight is 256 g/mol. The Morgan fingerprint density at radius 2 is 1.47 bits per heavy atom. The molecule has 104 valence electrons. The van der Waals surface area contributed by atoms with Gasteiger partial charge in [0, 0.05) is 0 Å². The molecule has 2 aliphatic carbocycles. The van der Waals surface area contributed by atoms with Crippen LogP contribution in [0.4, 0.5) is 0 Å². The summed E-state index contributed by atoms with van der Waals surface area (Å²) < 4.78 is 0. The van der Waals surface area contributed by atoms with Crippen LogP contribution in [-0.2, 0) is 0 Å². The number of hydrogen-bond acceptors (Lipinski definition) is 0. The minimum absolute atomic E-state index is 0.0364. The van der Waals surface area contributed by atoms with E-state index in [2.05, 4.69) is 20.8 Å². The van der Waals surface area contributed by atoms with Gasteiger partial charge in [0.25, 0.3) is 0 Å². The zero-order valence-corrected chi connectivity index (χ0v) is 13.3. The molecule has 0 amide bonds. The second kappa shape index (κ2) is 5.49. The van der Waals surface area contributed by atoms with Gasteiger partial charge in [0.1, 0.15) is 0 Å². The molecule has 2 heteroatoms. The van der Waals surface area contributed by atoms with Gasteiger partial charge in [-0.05, 0) is 36.5 Å². The van der Waals surface area contributed by atoms with Gasteiger partial charge in [-0.1, -0.05) is 70.4 Å². The summed E-state index contributed by atoms with van der Waals surface area (Å²) in [4.78, 5) is 0. The lowest BCUT2D eigenvalue weighted by atomic mass is 9.35. The average Bonchev–Trinajstić information content (AvgIpc) is 2.40. The van der Waals surface area contributed by atoms with E-state index in [1.165, 1.54) is 57.8 Å².